The molecule has 1 unspecified atom stereocenters. The van der Waals surface area contributed by atoms with Crippen molar-refractivity contribution in [3.05, 3.63) is 29.8 Å². The van der Waals surface area contributed by atoms with E-state index in [0.717, 1.165) is 5.56 Å². The zero-order valence-electron chi connectivity index (χ0n) is 12.1. The van der Waals surface area contributed by atoms with Gasteiger partial charge in [-0.15, -0.1) is 0 Å². The lowest BCUT2D eigenvalue weighted by Gasteiger charge is -2.14. The molecule has 0 aliphatic rings. The van der Waals surface area contributed by atoms with Gasteiger partial charge in [-0.25, -0.2) is 0 Å². The molecule has 0 spiro atoms. The minimum absolute atomic E-state index is 0.0816. The zero-order valence-corrected chi connectivity index (χ0v) is 12.1. The minimum atomic E-state index is -0.740. The van der Waals surface area contributed by atoms with E-state index in [1.807, 2.05) is 32.9 Å². The van der Waals surface area contributed by atoms with Gasteiger partial charge in [-0.1, -0.05) is 32.0 Å². The smallest absolute Gasteiger partial charge is 0.313 e. The summed E-state index contributed by atoms with van der Waals surface area (Å²) in [5.41, 5.74) is 1.49. The molecule has 0 aliphatic heterocycles. The first-order valence-corrected chi connectivity index (χ1v) is 6.73. The number of aryl methyl sites for hydroxylation is 1. The Labute approximate surface area is 119 Å². The van der Waals surface area contributed by atoms with Crippen molar-refractivity contribution in [2.24, 2.45) is 5.92 Å². The number of carbonyl (C=O) groups excluding carboxylic acids is 2. The molecular weight excluding hydrogens is 256 g/mol. The third-order valence-electron chi connectivity index (χ3n) is 2.84. The third kappa shape index (κ3) is 5.40. The number of aliphatic hydroxyl groups excluding tert-OH is 1. The van der Waals surface area contributed by atoms with Crippen molar-refractivity contribution in [2.75, 3.05) is 11.9 Å². The van der Waals surface area contributed by atoms with Gasteiger partial charge in [0.1, 0.15) is 0 Å². The molecule has 5 heteroatoms. The Hall–Kier alpha value is -1.88. The van der Waals surface area contributed by atoms with Crippen molar-refractivity contribution in [1.82, 2.24) is 5.32 Å². The van der Waals surface area contributed by atoms with Crippen LogP contribution in [-0.4, -0.2) is 29.6 Å². The van der Waals surface area contributed by atoms with Gasteiger partial charge in [0.25, 0.3) is 0 Å². The number of hydrogen-bond acceptors (Lipinski definition) is 3. The van der Waals surface area contributed by atoms with E-state index in [2.05, 4.69) is 10.6 Å². The van der Waals surface area contributed by atoms with E-state index in [1.54, 1.807) is 12.1 Å². The first-order valence-electron chi connectivity index (χ1n) is 6.73. The van der Waals surface area contributed by atoms with E-state index in [9.17, 15) is 14.7 Å². The van der Waals surface area contributed by atoms with Crippen LogP contribution in [-0.2, 0) is 9.59 Å². The number of carbonyl (C=O) groups is 2. The molecule has 2 amide bonds. The monoisotopic (exact) mass is 278 g/mol. The van der Waals surface area contributed by atoms with Crippen LogP contribution in [0, 0.1) is 12.8 Å². The molecule has 5 nitrogen and oxygen atoms in total. The second-order valence-electron chi connectivity index (χ2n) is 5.26. The summed E-state index contributed by atoms with van der Waals surface area (Å²) in [5, 5.41) is 14.6. The zero-order chi connectivity index (χ0) is 15.1. The molecule has 0 aromatic heterocycles. The van der Waals surface area contributed by atoms with Crippen LogP contribution in [0.2, 0.25) is 0 Å². The molecule has 1 aromatic rings. The molecule has 0 heterocycles. The average molecular weight is 278 g/mol. The molecule has 0 aliphatic carbocycles. The molecule has 1 aromatic carbocycles. The van der Waals surface area contributed by atoms with E-state index in [1.165, 1.54) is 0 Å². The molecule has 0 radical (unpaired) electrons. The fourth-order valence-corrected chi connectivity index (χ4v) is 1.81. The number of anilines is 1. The van der Waals surface area contributed by atoms with Crippen molar-refractivity contribution >= 4 is 17.5 Å². The molecule has 1 atom stereocenters. The maximum absolute atomic E-state index is 11.7. The maximum Gasteiger partial charge on any atom is 0.313 e. The number of rotatable bonds is 5. The second kappa shape index (κ2) is 7.65. The quantitative estimate of drug-likeness (QED) is 0.713. The van der Waals surface area contributed by atoms with Gasteiger partial charge in [-0.2, -0.15) is 0 Å². The van der Waals surface area contributed by atoms with Crippen LogP contribution in [0.15, 0.2) is 24.3 Å². The average Bonchev–Trinajstić information content (AvgIpc) is 2.37. The van der Waals surface area contributed by atoms with Gasteiger partial charge in [0.05, 0.1) is 6.10 Å². The van der Waals surface area contributed by atoms with Gasteiger partial charge in [0.2, 0.25) is 0 Å². The summed E-state index contributed by atoms with van der Waals surface area (Å²) >= 11 is 0. The first-order chi connectivity index (χ1) is 9.40. The SMILES string of the molecule is Cc1ccccc1NC(=O)C(=O)NCC(O)CC(C)C. The molecular formula is C15H22N2O3. The number of nitrogens with one attached hydrogen (secondary N) is 2. The highest BCUT2D eigenvalue weighted by Gasteiger charge is 2.16. The minimum Gasteiger partial charge on any atom is -0.391 e. The van der Waals surface area contributed by atoms with Crippen LogP contribution in [0.5, 0.6) is 0 Å². The van der Waals surface area contributed by atoms with E-state index in [4.69, 9.17) is 0 Å². The van der Waals surface area contributed by atoms with Gasteiger partial charge < -0.3 is 15.7 Å². The highest BCUT2D eigenvalue weighted by Crippen LogP contribution is 2.12. The Morgan fingerprint density at radius 1 is 1.20 bits per heavy atom. The van der Waals surface area contributed by atoms with Gasteiger partial charge >= 0.3 is 11.8 Å². The summed E-state index contributed by atoms with van der Waals surface area (Å²) in [6.45, 7) is 5.89. The summed E-state index contributed by atoms with van der Waals surface area (Å²) in [6, 6.07) is 7.22. The summed E-state index contributed by atoms with van der Waals surface area (Å²) < 4.78 is 0. The van der Waals surface area contributed by atoms with Crippen LogP contribution in [0.4, 0.5) is 5.69 Å². The topological polar surface area (TPSA) is 78.4 Å². The lowest BCUT2D eigenvalue weighted by atomic mass is 10.1. The highest BCUT2D eigenvalue weighted by molar-refractivity contribution is 6.39. The molecule has 1 rings (SSSR count). The van der Waals surface area contributed by atoms with Crippen LogP contribution in [0.25, 0.3) is 0 Å². The van der Waals surface area contributed by atoms with Crippen molar-refractivity contribution < 1.29 is 14.7 Å². The number of benzene rings is 1. The summed E-state index contributed by atoms with van der Waals surface area (Å²) in [5.74, 6) is -1.13. The molecule has 0 fully saturated rings. The second-order valence-corrected chi connectivity index (χ2v) is 5.26. The third-order valence-corrected chi connectivity index (χ3v) is 2.84. The van der Waals surface area contributed by atoms with Crippen LogP contribution in [0.3, 0.4) is 0 Å². The predicted octanol–water partition coefficient (Wildman–Crippen LogP) is 1.46. The molecule has 20 heavy (non-hydrogen) atoms. The number of hydrogen-bond donors (Lipinski definition) is 3. The number of para-hydroxylation sites is 1. The fraction of sp³-hybridized carbons (Fsp3) is 0.467. The van der Waals surface area contributed by atoms with E-state index >= 15 is 0 Å². The van der Waals surface area contributed by atoms with E-state index in [0.29, 0.717) is 18.0 Å². The van der Waals surface area contributed by atoms with Crippen LogP contribution in [0.1, 0.15) is 25.8 Å². The van der Waals surface area contributed by atoms with Crippen LogP contribution < -0.4 is 10.6 Å². The van der Waals surface area contributed by atoms with E-state index < -0.39 is 17.9 Å². The van der Waals surface area contributed by atoms with Crippen molar-refractivity contribution in [2.45, 2.75) is 33.3 Å². The number of amides is 2. The van der Waals surface area contributed by atoms with Crippen LogP contribution >= 0.6 is 0 Å². The Kier molecular flexibility index (Phi) is 6.18. The molecule has 0 bridgehead atoms. The Morgan fingerprint density at radius 2 is 1.85 bits per heavy atom. The molecule has 0 saturated heterocycles. The van der Waals surface area contributed by atoms with Crippen molar-refractivity contribution in [1.29, 1.82) is 0 Å². The normalized spacial score (nSPS) is 12.1. The Morgan fingerprint density at radius 3 is 2.45 bits per heavy atom. The lowest BCUT2D eigenvalue weighted by Crippen LogP contribution is -2.39. The van der Waals surface area contributed by atoms with Gasteiger partial charge in [0, 0.05) is 12.2 Å². The van der Waals surface area contributed by atoms with Gasteiger partial charge in [0.15, 0.2) is 0 Å². The standard InChI is InChI=1S/C15H22N2O3/c1-10(2)8-12(18)9-16-14(19)15(20)17-13-7-5-4-6-11(13)3/h4-7,10,12,18H,8-9H2,1-3H3,(H,16,19)(H,17,20). The summed E-state index contributed by atoms with van der Waals surface area (Å²) in [4.78, 5) is 23.3. The summed E-state index contributed by atoms with van der Waals surface area (Å²) in [7, 11) is 0. The van der Waals surface area contributed by atoms with Crippen molar-refractivity contribution in [3.8, 4) is 0 Å². The fourth-order valence-electron chi connectivity index (χ4n) is 1.81. The maximum atomic E-state index is 11.7. The Balaban J connectivity index is 2.44. The molecule has 110 valence electrons. The highest BCUT2D eigenvalue weighted by atomic mass is 16.3. The first kappa shape index (κ1) is 16.2. The summed E-state index contributed by atoms with van der Waals surface area (Å²) in [6.07, 6.45) is -0.0510. The largest absolute Gasteiger partial charge is 0.391 e. The lowest BCUT2D eigenvalue weighted by molar-refractivity contribution is -0.136. The van der Waals surface area contributed by atoms with E-state index in [-0.39, 0.29) is 6.54 Å². The number of aliphatic hydroxyl groups is 1. The van der Waals surface area contributed by atoms with Gasteiger partial charge in [-0.05, 0) is 30.9 Å². The molecule has 3 N–H and O–H groups in total. The van der Waals surface area contributed by atoms with Crippen molar-refractivity contribution in [3.63, 3.8) is 0 Å². The molecule has 0 saturated carbocycles. The Bertz CT molecular complexity index is 472. The van der Waals surface area contributed by atoms with Gasteiger partial charge in [-0.3, -0.25) is 9.59 Å². The predicted molar refractivity (Wildman–Crippen MR) is 78.3 cm³/mol.